The highest BCUT2D eigenvalue weighted by Crippen LogP contribution is 2.36. The van der Waals surface area contributed by atoms with E-state index in [1.54, 1.807) is 5.57 Å². The molecule has 0 radical (unpaired) electrons. The molecular weight excluding hydrogens is 180 g/mol. The maximum Gasteiger partial charge on any atom is 0.0237 e. The summed E-state index contributed by atoms with van der Waals surface area (Å²) in [5.41, 5.74) is 4.56. The van der Waals surface area contributed by atoms with E-state index in [0.717, 1.165) is 12.8 Å². The predicted octanol–water partition coefficient (Wildman–Crippen LogP) is 4.46. The quantitative estimate of drug-likeness (QED) is 0.672. The zero-order chi connectivity index (χ0) is 10.7. The van der Waals surface area contributed by atoms with E-state index < -0.39 is 0 Å². The minimum Gasteiger partial charge on any atom is -0.0727 e. The van der Waals surface area contributed by atoms with Gasteiger partial charge < -0.3 is 0 Å². The molecule has 0 saturated heterocycles. The molecule has 0 amide bonds. The lowest BCUT2D eigenvalue weighted by Crippen LogP contribution is -1.97. The van der Waals surface area contributed by atoms with E-state index in [2.05, 4.69) is 56.3 Å². The van der Waals surface area contributed by atoms with Crippen LogP contribution in [-0.2, 0) is 0 Å². The van der Waals surface area contributed by atoms with Crippen molar-refractivity contribution in [2.24, 2.45) is 0 Å². The van der Waals surface area contributed by atoms with Crippen molar-refractivity contribution in [3.05, 3.63) is 59.2 Å². The van der Waals surface area contributed by atoms with Crippen LogP contribution in [0.3, 0.4) is 0 Å². The number of rotatable bonds is 3. The van der Waals surface area contributed by atoms with Gasteiger partial charge in [-0.2, -0.15) is 0 Å². The van der Waals surface area contributed by atoms with Gasteiger partial charge >= 0.3 is 0 Å². The van der Waals surface area contributed by atoms with Crippen molar-refractivity contribution in [2.45, 2.75) is 32.6 Å². The van der Waals surface area contributed by atoms with Crippen LogP contribution in [0.5, 0.6) is 0 Å². The van der Waals surface area contributed by atoms with E-state index in [4.69, 9.17) is 0 Å². The predicted molar refractivity (Wildman–Crippen MR) is 65.9 cm³/mol. The zero-order valence-corrected chi connectivity index (χ0v) is 9.53. The van der Waals surface area contributed by atoms with Crippen LogP contribution in [0, 0.1) is 0 Å². The molecule has 0 bridgehead atoms. The largest absolute Gasteiger partial charge is 0.0727 e. The Morgan fingerprint density at radius 3 is 2.33 bits per heavy atom. The molecule has 0 heteroatoms. The summed E-state index contributed by atoms with van der Waals surface area (Å²) in [6, 6.07) is 10.8. The summed E-state index contributed by atoms with van der Waals surface area (Å²) in [4.78, 5) is 0. The molecule has 1 aliphatic rings. The molecule has 78 valence electrons. The lowest BCUT2D eigenvalue weighted by molar-refractivity contribution is 0.903. The second-order valence-electron chi connectivity index (χ2n) is 4.01. The molecule has 1 aliphatic carbocycles. The van der Waals surface area contributed by atoms with Gasteiger partial charge in [-0.15, -0.1) is 0 Å². The number of benzene rings is 1. The second kappa shape index (κ2) is 4.48. The van der Waals surface area contributed by atoms with E-state index in [9.17, 15) is 0 Å². The third kappa shape index (κ3) is 1.90. The Kier molecular flexibility index (Phi) is 3.05. The molecule has 0 nitrogen and oxygen atoms in total. The molecule has 15 heavy (non-hydrogen) atoms. The van der Waals surface area contributed by atoms with Gasteiger partial charge in [0.15, 0.2) is 0 Å². The summed E-state index contributed by atoms with van der Waals surface area (Å²) in [6.45, 7) is 4.50. The molecule has 0 spiro atoms. The molecule has 1 atom stereocenters. The topological polar surface area (TPSA) is 0 Å². The van der Waals surface area contributed by atoms with Crippen LogP contribution in [0.15, 0.2) is 53.6 Å². The summed E-state index contributed by atoms with van der Waals surface area (Å²) >= 11 is 0. The average molecular weight is 198 g/mol. The van der Waals surface area contributed by atoms with E-state index in [-0.39, 0.29) is 0 Å². The van der Waals surface area contributed by atoms with Crippen molar-refractivity contribution in [1.82, 2.24) is 0 Å². The van der Waals surface area contributed by atoms with Gasteiger partial charge in [-0.3, -0.25) is 0 Å². The van der Waals surface area contributed by atoms with Crippen molar-refractivity contribution < 1.29 is 0 Å². The molecule has 0 saturated carbocycles. The molecule has 0 aliphatic heterocycles. The van der Waals surface area contributed by atoms with Gasteiger partial charge in [0.05, 0.1) is 0 Å². The molecule has 0 aromatic heterocycles. The van der Waals surface area contributed by atoms with Crippen molar-refractivity contribution in [3.63, 3.8) is 0 Å². The Labute approximate surface area is 92.3 Å². The average Bonchev–Trinajstić information content (AvgIpc) is 2.72. The van der Waals surface area contributed by atoms with Crippen LogP contribution in [-0.4, -0.2) is 0 Å². The van der Waals surface area contributed by atoms with Gasteiger partial charge in [0.2, 0.25) is 0 Å². The van der Waals surface area contributed by atoms with Gasteiger partial charge in [-0.25, -0.2) is 0 Å². The van der Waals surface area contributed by atoms with Crippen molar-refractivity contribution >= 4 is 0 Å². The Hall–Kier alpha value is -1.30. The molecular formula is C15H18. The van der Waals surface area contributed by atoms with Crippen LogP contribution in [0.4, 0.5) is 0 Å². The fraction of sp³-hybridized carbons (Fsp3) is 0.333. The van der Waals surface area contributed by atoms with Crippen LogP contribution >= 0.6 is 0 Å². The number of hydrogen-bond acceptors (Lipinski definition) is 0. The van der Waals surface area contributed by atoms with Crippen LogP contribution in [0.2, 0.25) is 0 Å². The highest BCUT2D eigenvalue weighted by atomic mass is 14.2. The standard InChI is InChI=1S/C15H18/c1-3-12-10-11-15(14(12)4-2)13-8-6-5-7-9-13/h5-11,15H,3-4H2,1-2H3. The van der Waals surface area contributed by atoms with E-state index in [0.29, 0.717) is 5.92 Å². The first-order valence-electron chi connectivity index (χ1n) is 5.81. The summed E-state index contributed by atoms with van der Waals surface area (Å²) in [7, 11) is 0. The maximum absolute atomic E-state index is 2.34. The normalized spacial score (nSPS) is 20.0. The third-order valence-electron chi connectivity index (χ3n) is 3.20. The minimum atomic E-state index is 0.533. The Balaban J connectivity index is 2.34. The fourth-order valence-corrected chi connectivity index (χ4v) is 2.40. The summed E-state index contributed by atoms with van der Waals surface area (Å²) in [5, 5.41) is 0. The number of allylic oxidation sites excluding steroid dienone is 4. The number of hydrogen-bond donors (Lipinski definition) is 0. The Morgan fingerprint density at radius 2 is 1.73 bits per heavy atom. The monoisotopic (exact) mass is 198 g/mol. The Bertz CT molecular complexity index is 382. The van der Waals surface area contributed by atoms with Crippen LogP contribution in [0.25, 0.3) is 0 Å². The molecule has 0 heterocycles. The van der Waals surface area contributed by atoms with Crippen LogP contribution in [0.1, 0.15) is 38.2 Å². The first kappa shape index (κ1) is 10.2. The summed E-state index contributed by atoms with van der Waals surface area (Å²) in [5.74, 6) is 0.533. The van der Waals surface area contributed by atoms with E-state index in [1.165, 1.54) is 11.1 Å². The fourth-order valence-electron chi connectivity index (χ4n) is 2.40. The van der Waals surface area contributed by atoms with Crippen molar-refractivity contribution in [2.75, 3.05) is 0 Å². The third-order valence-corrected chi connectivity index (χ3v) is 3.20. The molecule has 1 unspecified atom stereocenters. The van der Waals surface area contributed by atoms with Gasteiger partial charge in [-0.1, -0.05) is 61.9 Å². The first-order chi connectivity index (χ1) is 7.36. The van der Waals surface area contributed by atoms with E-state index >= 15 is 0 Å². The molecule has 2 rings (SSSR count). The molecule has 1 aromatic carbocycles. The molecule has 0 fully saturated rings. The van der Waals surface area contributed by atoms with E-state index in [1.807, 2.05) is 0 Å². The molecule has 0 N–H and O–H groups in total. The van der Waals surface area contributed by atoms with Gasteiger partial charge in [-0.05, 0) is 24.0 Å². The maximum atomic E-state index is 2.34. The van der Waals surface area contributed by atoms with Gasteiger partial charge in [0.25, 0.3) is 0 Å². The van der Waals surface area contributed by atoms with Crippen molar-refractivity contribution in [3.8, 4) is 0 Å². The second-order valence-corrected chi connectivity index (χ2v) is 4.01. The van der Waals surface area contributed by atoms with Crippen LogP contribution < -0.4 is 0 Å². The highest BCUT2D eigenvalue weighted by molar-refractivity contribution is 5.45. The first-order valence-corrected chi connectivity index (χ1v) is 5.81. The Morgan fingerprint density at radius 1 is 1.00 bits per heavy atom. The SMILES string of the molecule is CCC1=C(CC)C(c2ccccc2)C=C1. The zero-order valence-electron chi connectivity index (χ0n) is 9.53. The lowest BCUT2D eigenvalue weighted by Gasteiger charge is -2.14. The molecule has 1 aromatic rings. The highest BCUT2D eigenvalue weighted by Gasteiger charge is 2.19. The van der Waals surface area contributed by atoms with Gasteiger partial charge in [0.1, 0.15) is 0 Å². The van der Waals surface area contributed by atoms with Gasteiger partial charge in [0, 0.05) is 5.92 Å². The lowest BCUT2D eigenvalue weighted by atomic mass is 9.90. The summed E-state index contributed by atoms with van der Waals surface area (Å²) in [6.07, 6.45) is 6.96. The smallest absolute Gasteiger partial charge is 0.0237 e. The van der Waals surface area contributed by atoms with Crippen molar-refractivity contribution in [1.29, 1.82) is 0 Å². The summed E-state index contributed by atoms with van der Waals surface area (Å²) < 4.78 is 0. The minimum absolute atomic E-state index is 0.533.